The van der Waals surface area contributed by atoms with E-state index in [1.807, 2.05) is 66.1 Å². The first kappa shape index (κ1) is 26.5. The van der Waals surface area contributed by atoms with Gasteiger partial charge in [0.15, 0.2) is 11.0 Å². The number of carbonyl (C=O) groups is 1. The molecule has 36 heavy (non-hydrogen) atoms. The summed E-state index contributed by atoms with van der Waals surface area (Å²) in [6.45, 7) is 3.54. The fourth-order valence-corrected chi connectivity index (χ4v) is 5.25. The van der Waals surface area contributed by atoms with Gasteiger partial charge in [0, 0.05) is 32.9 Å². The Balaban J connectivity index is 1.68. The van der Waals surface area contributed by atoms with Gasteiger partial charge in [-0.25, -0.2) is 0 Å². The summed E-state index contributed by atoms with van der Waals surface area (Å²) in [5, 5.41) is 13.3. The molecule has 0 aliphatic carbocycles. The van der Waals surface area contributed by atoms with Gasteiger partial charge in [-0.15, -0.1) is 10.2 Å². The molecule has 1 aromatic heterocycles. The normalized spacial score (nSPS) is 11.9. The molecule has 0 spiro atoms. The summed E-state index contributed by atoms with van der Waals surface area (Å²) in [7, 11) is 0. The Morgan fingerprint density at radius 2 is 1.67 bits per heavy atom. The van der Waals surface area contributed by atoms with E-state index >= 15 is 0 Å². The van der Waals surface area contributed by atoms with Crippen LogP contribution in [0.3, 0.4) is 0 Å². The molecule has 0 unspecified atom stereocenters. The highest BCUT2D eigenvalue weighted by molar-refractivity contribution is 8.00. The van der Waals surface area contributed by atoms with Gasteiger partial charge in [-0.2, -0.15) is 0 Å². The topological polar surface area (TPSA) is 69.0 Å². The van der Waals surface area contributed by atoms with Crippen LogP contribution in [0.1, 0.15) is 17.7 Å². The molecule has 0 saturated carbocycles. The number of hydrogen-bond acceptors (Lipinski definition) is 5. The van der Waals surface area contributed by atoms with Crippen molar-refractivity contribution in [3.8, 4) is 11.4 Å². The SMILES string of the molecule is CCOCCn1c(S[C@@H](C(=O)Nc2cc(Cl)cc(Cl)c2)c2ccccc2)nnc1-c1ccc(Cl)cc1. The summed E-state index contributed by atoms with van der Waals surface area (Å²) >= 11 is 19.6. The maximum absolute atomic E-state index is 13.5. The monoisotopic (exact) mass is 560 g/mol. The van der Waals surface area contributed by atoms with Gasteiger partial charge in [-0.05, 0) is 55.0 Å². The first-order valence-electron chi connectivity index (χ1n) is 11.2. The van der Waals surface area contributed by atoms with Crippen LogP contribution >= 0.6 is 46.6 Å². The van der Waals surface area contributed by atoms with E-state index in [4.69, 9.17) is 39.5 Å². The maximum atomic E-state index is 13.5. The quantitative estimate of drug-likeness (QED) is 0.161. The van der Waals surface area contributed by atoms with Crippen LogP contribution in [0.2, 0.25) is 15.1 Å². The third-order valence-electron chi connectivity index (χ3n) is 5.18. The van der Waals surface area contributed by atoms with Crippen molar-refractivity contribution < 1.29 is 9.53 Å². The minimum Gasteiger partial charge on any atom is -0.380 e. The average molecular weight is 562 g/mol. The van der Waals surface area contributed by atoms with Gasteiger partial charge in [-0.1, -0.05) is 76.9 Å². The van der Waals surface area contributed by atoms with Crippen molar-refractivity contribution in [1.82, 2.24) is 14.8 Å². The molecule has 4 aromatic rings. The highest BCUT2D eigenvalue weighted by Crippen LogP contribution is 2.37. The van der Waals surface area contributed by atoms with Gasteiger partial charge in [0.2, 0.25) is 5.91 Å². The molecule has 0 aliphatic heterocycles. The van der Waals surface area contributed by atoms with E-state index in [0.29, 0.717) is 51.5 Å². The lowest BCUT2D eigenvalue weighted by Crippen LogP contribution is -2.20. The van der Waals surface area contributed by atoms with Gasteiger partial charge in [0.1, 0.15) is 5.25 Å². The summed E-state index contributed by atoms with van der Waals surface area (Å²) in [5.41, 5.74) is 2.20. The van der Waals surface area contributed by atoms with Crippen LogP contribution in [-0.2, 0) is 16.1 Å². The van der Waals surface area contributed by atoms with E-state index < -0.39 is 5.25 Å². The van der Waals surface area contributed by atoms with Crippen molar-refractivity contribution in [2.75, 3.05) is 18.5 Å². The number of anilines is 1. The Kier molecular flexibility index (Phi) is 9.29. The van der Waals surface area contributed by atoms with E-state index in [1.54, 1.807) is 18.2 Å². The van der Waals surface area contributed by atoms with E-state index in [0.717, 1.165) is 11.1 Å². The Morgan fingerprint density at radius 1 is 0.972 bits per heavy atom. The number of nitrogens with one attached hydrogen (secondary N) is 1. The number of benzene rings is 3. The molecule has 0 saturated heterocycles. The van der Waals surface area contributed by atoms with E-state index in [1.165, 1.54) is 11.8 Å². The number of rotatable bonds is 10. The van der Waals surface area contributed by atoms with Crippen LogP contribution in [-0.4, -0.2) is 33.9 Å². The van der Waals surface area contributed by atoms with Crippen LogP contribution in [0.5, 0.6) is 0 Å². The zero-order chi connectivity index (χ0) is 25.5. The van der Waals surface area contributed by atoms with Crippen LogP contribution in [0, 0.1) is 0 Å². The van der Waals surface area contributed by atoms with Gasteiger partial charge in [0.25, 0.3) is 0 Å². The number of carbonyl (C=O) groups excluding carboxylic acids is 1. The third-order valence-corrected chi connectivity index (χ3v) is 7.10. The number of hydrogen-bond donors (Lipinski definition) is 1. The largest absolute Gasteiger partial charge is 0.380 e. The van der Waals surface area contributed by atoms with Crippen molar-refractivity contribution in [2.24, 2.45) is 0 Å². The zero-order valence-electron chi connectivity index (χ0n) is 19.3. The predicted octanol–water partition coefficient (Wildman–Crippen LogP) is 7.41. The number of aromatic nitrogens is 3. The lowest BCUT2D eigenvalue weighted by molar-refractivity contribution is -0.115. The third kappa shape index (κ3) is 6.81. The molecular formula is C26H23Cl3N4O2S. The molecule has 3 aromatic carbocycles. The molecule has 186 valence electrons. The Morgan fingerprint density at radius 3 is 2.33 bits per heavy atom. The molecule has 0 fully saturated rings. The first-order chi connectivity index (χ1) is 17.4. The Labute approximate surface area is 228 Å². The first-order valence-corrected chi connectivity index (χ1v) is 13.2. The van der Waals surface area contributed by atoms with Crippen molar-refractivity contribution in [3.05, 3.63) is 93.4 Å². The van der Waals surface area contributed by atoms with E-state index in [-0.39, 0.29) is 5.91 Å². The second-order valence-electron chi connectivity index (χ2n) is 7.72. The molecular weight excluding hydrogens is 539 g/mol. The molecule has 4 rings (SSSR count). The number of nitrogens with zero attached hydrogens (tertiary/aromatic N) is 3. The van der Waals surface area contributed by atoms with Crippen LogP contribution in [0.25, 0.3) is 11.4 Å². The zero-order valence-corrected chi connectivity index (χ0v) is 22.4. The Hall–Kier alpha value is -2.55. The highest BCUT2D eigenvalue weighted by atomic mass is 35.5. The van der Waals surface area contributed by atoms with Crippen molar-refractivity contribution in [1.29, 1.82) is 0 Å². The van der Waals surface area contributed by atoms with Crippen molar-refractivity contribution >= 4 is 58.2 Å². The summed E-state index contributed by atoms with van der Waals surface area (Å²) in [6, 6.07) is 21.8. The van der Waals surface area contributed by atoms with Crippen molar-refractivity contribution in [2.45, 2.75) is 23.9 Å². The smallest absolute Gasteiger partial charge is 0.242 e. The molecule has 1 atom stereocenters. The average Bonchev–Trinajstić information content (AvgIpc) is 3.25. The van der Waals surface area contributed by atoms with Gasteiger partial charge < -0.3 is 10.1 Å². The standard InChI is InChI=1S/C26H23Cl3N4O2S/c1-2-35-13-12-33-24(18-8-10-19(27)11-9-18)31-32-26(33)36-23(17-6-4-3-5-7-17)25(34)30-22-15-20(28)14-21(29)16-22/h3-11,14-16,23H,2,12-13H2,1H3,(H,30,34)/t23-/m1/s1. The molecule has 0 bridgehead atoms. The van der Waals surface area contributed by atoms with Crippen LogP contribution in [0.15, 0.2) is 78.0 Å². The second kappa shape index (κ2) is 12.6. The minimum atomic E-state index is -0.614. The molecule has 6 nitrogen and oxygen atoms in total. The number of ether oxygens (including phenoxy) is 1. The fraction of sp³-hybridized carbons (Fsp3) is 0.192. The van der Waals surface area contributed by atoms with Gasteiger partial charge >= 0.3 is 0 Å². The summed E-state index contributed by atoms with van der Waals surface area (Å²) < 4.78 is 7.56. The Bertz CT molecular complexity index is 1300. The van der Waals surface area contributed by atoms with E-state index in [2.05, 4.69) is 15.5 Å². The predicted molar refractivity (Wildman–Crippen MR) is 147 cm³/mol. The number of amides is 1. The van der Waals surface area contributed by atoms with Crippen LogP contribution < -0.4 is 5.32 Å². The highest BCUT2D eigenvalue weighted by Gasteiger charge is 2.26. The minimum absolute atomic E-state index is 0.239. The lowest BCUT2D eigenvalue weighted by Gasteiger charge is -2.18. The number of halogens is 3. The van der Waals surface area contributed by atoms with E-state index in [9.17, 15) is 4.79 Å². The second-order valence-corrected chi connectivity index (χ2v) is 10.1. The molecule has 0 radical (unpaired) electrons. The number of thioether (sulfide) groups is 1. The maximum Gasteiger partial charge on any atom is 0.242 e. The molecule has 1 amide bonds. The fourth-order valence-electron chi connectivity index (χ4n) is 3.53. The molecule has 1 N–H and O–H groups in total. The van der Waals surface area contributed by atoms with Crippen LogP contribution in [0.4, 0.5) is 5.69 Å². The van der Waals surface area contributed by atoms with Crippen molar-refractivity contribution in [3.63, 3.8) is 0 Å². The summed E-state index contributed by atoms with van der Waals surface area (Å²) in [6.07, 6.45) is 0. The van der Waals surface area contributed by atoms with Gasteiger partial charge in [0.05, 0.1) is 13.2 Å². The molecule has 10 heteroatoms. The summed E-state index contributed by atoms with van der Waals surface area (Å²) in [4.78, 5) is 13.5. The lowest BCUT2D eigenvalue weighted by atomic mass is 10.1. The van der Waals surface area contributed by atoms with Gasteiger partial charge in [-0.3, -0.25) is 9.36 Å². The summed E-state index contributed by atoms with van der Waals surface area (Å²) in [5.74, 6) is 0.430. The molecule has 1 heterocycles. The molecule has 0 aliphatic rings.